The van der Waals surface area contributed by atoms with E-state index in [1.54, 1.807) is 32.1 Å². The molecule has 2 fully saturated rings. The molecule has 0 aromatic heterocycles. The second-order valence-corrected chi connectivity index (χ2v) is 9.85. The molecular weight excluding hydrogens is 480 g/mol. The van der Waals surface area contributed by atoms with Gasteiger partial charge in [-0.05, 0) is 53.7 Å². The molecule has 0 radical (unpaired) electrons. The van der Waals surface area contributed by atoms with Crippen LogP contribution in [0.4, 0.5) is 0 Å². The molecular formula is C28H32O9. The topological polar surface area (TPSA) is 162 Å². The molecule has 9 nitrogen and oxygen atoms in total. The first-order valence-electron chi connectivity index (χ1n) is 11.7. The number of aliphatic hydroxyl groups is 5. The predicted molar refractivity (Wildman–Crippen MR) is 134 cm³/mol. The van der Waals surface area contributed by atoms with Gasteiger partial charge in [0, 0.05) is 17.1 Å². The van der Waals surface area contributed by atoms with Crippen LogP contribution >= 0.6 is 0 Å². The van der Waals surface area contributed by atoms with Crippen LogP contribution in [0.3, 0.4) is 0 Å². The molecule has 1 heterocycles. The average molecular weight is 513 g/mol. The zero-order chi connectivity index (χ0) is 28.1. The Bertz CT molecular complexity index is 1290. The molecule has 0 aromatic rings. The quantitative estimate of drug-likeness (QED) is 0.165. The van der Waals surface area contributed by atoms with E-state index in [4.69, 9.17) is 4.74 Å². The zero-order valence-electron chi connectivity index (χ0n) is 21.6. The Labute approximate surface area is 214 Å². The fourth-order valence-electron chi connectivity index (χ4n) is 5.62. The Hall–Kier alpha value is -3.53. The van der Waals surface area contributed by atoms with Gasteiger partial charge in [0.25, 0.3) is 0 Å². The lowest BCUT2D eigenvalue weighted by Crippen LogP contribution is -2.72. The molecule has 0 amide bonds. The number of allylic oxidation sites excluding steroid dienone is 9. The van der Waals surface area contributed by atoms with E-state index in [2.05, 4.69) is 0 Å². The molecule has 3 aliphatic rings. The Kier molecular flexibility index (Phi) is 6.89. The van der Waals surface area contributed by atoms with Crippen LogP contribution < -0.4 is 0 Å². The third-order valence-corrected chi connectivity index (χ3v) is 7.56. The van der Waals surface area contributed by atoms with E-state index in [1.807, 2.05) is 0 Å². The lowest BCUT2D eigenvalue weighted by atomic mass is 9.52. The molecule has 198 valence electrons. The molecule has 0 bridgehead atoms. The minimum Gasteiger partial charge on any atom is -0.508 e. The van der Waals surface area contributed by atoms with Crippen LogP contribution in [-0.2, 0) is 19.1 Å². The van der Waals surface area contributed by atoms with Gasteiger partial charge in [-0.3, -0.25) is 14.4 Å². The van der Waals surface area contributed by atoms with E-state index in [-0.39, 0.29) is 11.1 Å². The number of rotatable bonds is 4. The van der Waals surface area contributed by atoms with Crippen molar-refractivity contribution in [2.75, 3.05) is 0 Å². The van der Waals surface area contributed by atoms with Crippen molar-refractivity contribution >= 4 is 17.3 Å². The number of Topliss-reactive ketones (excluding diaryl/α,β-unsaturated/α-hetero) is 3. The number of hydrogen-bond acceptors (Lipinski definition) is 9. The molecule has 1 saturated heterocycles. The van der Waals surface area contributed by atoms with Crippen molar-refractivity contribution in [2.45, 2.75) is 58.5 Å². The van der Waals surface area contributed by atoms with E-state index in [1.165, 1.54) is 45.1 Å². The highest BCUT2D eigenvalue weighted by atomic mass is 16.7. The summed E-state index contributed by atoms with van der Waals surface area (Å²) < 4.78 is 5.82. The smallest absolute Gasteiger partial charge is 0.217 e. The van der Waals surface area contributed by atoms with E-state index >= 15 is 0 Å². The summed E-state index contributed by atoms with van der Waals surface area (Å²) in [5.41, 5.74) is -8.56. The van der Waals surface area contributed by atoms with E-state index in [0.29, 0.717) is 0 Å². The predicted octanol–water partition coefficient (Wildman–Crippen LogP) is 3.29. The molecule has 0 aromatic carbocycles. The fraction of sp³-hybridized carbons (Fsp3) is 0.393. The number of aliphatic hydroxyl groups excluding tert-OH is 3. The van der Waals surface area contributed by atoms with E-state index in [0.717, 1.165) is 13.0 Å². The highest BCUT2D eigenvalue weighted by molar-refractivity contribution is 6.28. The van der Waals surface area contributed by atoms with Crippen molar-refractivity contribution in [1.29, 1.82) is 0 Å². The van der Waals surface area contributed by atoms with Crippen LogP contribution in [0.1, 0.15) is 41.5 Å². The Balaban J connectivity index is 2.46. The van der Waals surface area contributed by atoms with Gasteiger partial charge in [0.2, 0.25) is 11.6 Å². The summed E-state index contributed by atoms with van der Waals surface area (Å²) >= 11 is 0. The number of carbonyl (C=O) groups is 3. The summed E-state index contributed by atoms with van der Waals surface area (Å²) in [6, 6.07) is 0. The van der Waals surface area contributed by atoms with Gasteiger partial charge < -0.3 is 30.3 Å². The third-order valence-electron chi connectivity index (χ3n) is 7.56. The Morgan fingerprint density at radius 2 is 1.35 bits per heavy atom. The molecule has 2 aliphatic carbocycles. The second kappa shape index (κ2) is 9.09. The van der Waals surface area contributed by atoms with Crippen molar-refractivity contribution in [3.63, 3.8) is 0 Å². The van der Waals surface area contributed by atoms with Crippen molar-refractivity contribution in [3.8, 4) is 0 Å². The van der Waals surface area contributed by atoms with Crippen LogP contribution in [-0.4, -0.2) is 59.9 Å². The molecule has 37 heavy (non-hydrogen) atoms. The van der Waals surface area contributed by atoms with Gasteiger partial charge >= 0.3 is 0 Å². The van der Waals surface area contributed by atoms with Gasteiger partial charge in [-0.25, -0.2) is 0 Å². The van der Waals surface area contributed by atoms with Crippen molar-refractivity contribution in [3.05, 3.63) is 82.6 Å². The number of ether oxygens (including phenoxy) is 1. The van der Waals surface area contributed by atoms with Crippen LogP contribution in [0.15, 0.2) is 82.6 Å². The van der Waals surface area contributed by atoms with Crippen molar-refractivity contribution in [2.24, 2.45) is 11.3 Å². The zero-order valence-corrected chi connectivity index (χ0v) is 21.6. The van der Waals surface area contributed by atoms with Crippen molar-refractivity contribution in [1.82, 2.24) is 0 Å². The summed E-state index contributed by atoms with van der Waals surface area (Å²) in [5.74, 6) is -9.75. The first kappa shape index (κ1) is 28.0. The molecule has 0 spiro atoms. The fourth-order valence-corrected chi connectivity index (χ4v) is 5.62. The van der Waals surface area contributed by atoms with E-state index < -0.39 is 68.5 Å². The Morgan fingerprint density at radius 3 is 1.86 bits per heavy atom. The number of ketones is 3. The lowest BCUT2D eigenvalue weighted by molar-refractivity contribution is -0.313. The molecule has 1 saturated carbocycles. The highest BCUT2D eigenvalue weighted by Crippen LogP contribution is 2.66. The van der Waals surface area contributed by atoms with Gasteiger partial charge in [-0.15, -0.1) is 0 Å². The standard InChI is InChI=1S/C28H32O9/c1-7-9-11-13-16(29)18-20(31)15(3)22(32)26(5)21(18)25(4)23(33)19(17(30)14-12-10-8-2)24(34)27(6,35)28(25,36)37-26/h7-14,21,29-31,35-36H,1-6H3/b9-7+,10-8+,13-11+,14-12+,18-16?,19-17?/t21-,25?,26-,27-,28?/m0/s1. The first-order valence-corrected chi connectivity index (χ1v) is 11.7. The van der Waals surface area contributed by atoms with Crippen molar-refractivity contribution < 1.29 is 44.7 Å². The second-order valence-electron chi connectivity index (χ2n) is 9.85. The van der Waals surface area contributed by atoms with Crippen LogP contribution in [0.25, 0.3) is 0 Å². The third kappa shape index (κ3) is 3.53. The molecule has 9 heteroatoms. The number of hydrogen-bond donors (Lipinski definition) is 5. The number of fused-ring (bicyclic) bond motifs is 3. The van der Waals surface area contributed by atoms with E-state index in [9.17, 15) is 39.9 Å². The lowest BCUT2D eigenvalue weighted by Gasteiger charge is -2.50. The molecule has 2 unspecified atom stereocenters. The van der Waals surface area contributed by atoms with Gasteiger partial charge in [-0.2, -0.15) is 0 Å². The molecule has 5 atom stereocenters. The maximum Gasteiger partial charge on any atom is 0.217 e. The summed E-state index contributed by atoms with van der Waals surface area (Å²) in [5, 5.41) is 55.9. The summed E-state index contributed by atoms with van der Waals surface area (Å²) in [7, 11) is 0. The summed E-state index contributed by atoms with van der Waals surface area (Å²) in [6.07, 6.45) is 11.5. The van der Waals surface area contributed by atoms with Crippen LogP contribution in [0.2, 0.25) is 0 Å². The maximum atomic E-state index is 14.0. The number of carbonyl (C=O) groups excluding carboxylic acids is 3. The first-order chi connectivity index (χ1) is 17.1. The minimum atomic E-state index is -2.98. The van der Waals surface area contributed by atoms with Gasteiger partial charge in [0.1, 0.15) is 28.5 Å². The maximum absolute atomic E-state index is 14.0. The molecule has 5 N–H and O–H groups in total. The Morgan fingerprint density at radius 1 is 0.838 bits per heavy atom. The largest absolute Gasteiger partial charge is 0.508 e. The van der Waals surface area contributed by atoms with Crippen LogP contribution in [0, 0.1) is 11.3 Å². The monoisotopic (exact) mass is 512 g/mol. The SMILES string of the molecule is C/C=C/C=C/C(O)=C1C(=O)C2(C)[C@@H]3C(=C(O)/C=C/C=C/C)C(O)=C(C)C(=O)[C@@]3(C)OC2(O)[C@@](C)(O)C1=O. The molecule has 1 aliphatic heterocycles. The normalized spacial score (nSPS) is 39.5. The summed E-state index contributed by atoms with van der Waals surface area (Å²) in [6.45, 7) is 8.07. The molecule has 3 rings (SSSR count). The highest BCUT2D eigenvalue weighted by Gasteiger charge is 2.83. The summed E-state index contributed by atoms with van der Waals surface area (Å²) in [4.78, 5) is 40.8. The minimum absolute atomic E-state index is 0.211. The van der Waals surface area contributed by atoms with Gasteiger partial charge in [0.05, 0.1) is 5.41 Å². The average Bonchev–Trinajstić information content (AvgIpc) is 3.03. The van der Waals surface area contributed by atoms with Gasteiger partial charge in [0.15, 0.2) is 17.2 Å². The van der Waals surface area contributed by atoms with Gasteiger partial charge in [-0.1, -0.05) is 36.5 Å². The van der Waals surface area contributed by atoms with Crippen LogP contribution in [0.5, 0.6) is 0 Å².